The number of nitrogens with one attached hydrogen (secondary N) is 1. The zero-order chi connectivity index (χ0) is 19.6. The highest BCUT2D eigenvalue weighted by molar-refractivity contribution is 7.10. The van der Waals surface area contributed by atoms with Crippen molar-refractivity contribution in [3.63, 3.8) is 0 Å². The maximum absolute atomic E-state index is 12.5. The predicted octanol–water partition coefficient (Wildman–Crippen LogP) is 4.26. The third-order valence-electron chi connectivity index (χ3n) is 4.83. The van der Waals surface area contributed by atoms with Crippen LogP contribution in [0.1, 0.15) is 58.3 Å². The van der Waals surface area contributed by atoms with Gasteiger partial charge in [0, 0.05) is 21.5 Å². The molecule has 0 aliphatic heterocycles. The van der Waals surface area contributed by atoms with E-state index >= 15 is 0 Å². The monoisotopic (exact) mass is 385 g/mol. The summed E-state index contributed by atoms with van der Waals surface area (Å²) in [6, 6.07) is 6.60. The van der Waals surface area contributed by atoms with Crippen LogP contribution in [0, 0.1) is 5.92 Å². The lowest BCUT2D eigenvalue weighted by atomic mass is 9.88. The van der Waals surface area contributed by atoms with Gasteiger partial charge in [-0.2, -0.15) is 0 Å². The quantitative estimate of drug-likeness (QED) is 0.617. The van der Waals surface area contributed by atoms with Crippen LogP contribution in [-0.2, 0) is 22.4 Å². The van der Waals surface area contributed by atoms with Gasteiger partial charge in [0.25, 0.3) is 5.91 Å². The molecule has 142 valence electrons. The maximum atomic E-state index is 12.5. The zero-order valence-corrected chi connectivity index (χ0v) is 16.5. The van der Waals surface area contributed by atoms with Crippen molar-refractivity contribution >= 4 is 34.7 Å². The number of benzene rings is 1. The van der Waals surface area contributed by atoms with E-state index in [1.54, 1.807) is 42.5 Å². The third kappa shape index (κ3) is 4.45. The Morgan fingerprint density at radius 1 is 1.22 bits per heavy atom. The molecule has 2 atom stereocenters. The molecule has 1 aromatic heterocycles. The number of ketones is 1. The van der Waals surface area contributed by atoms with Crippen molar-refractivity contribution in [2.45, 2.75) is 46.1 Å². The molecule has 6 heteroatoms. The summed E-state index contributed by atoms with van der Waals surface area (Å²) in [5.74, 6) is -0.254. The summed E-state index contributed by atoms with van der Waals surface area (Å²) in [5, 5.41) is 4.55. The highest BCUT2D eigenvalue weighted by atomic mass is 32.1. The summed E-state index contributed by atoms with van der Waals surface area (Å²) in [6.07, 6.45) is 2.03. The van der Waals surface area contributed by atoms with Crippen molar-refractivity contribution in [1.82, 2.24) is 0 Å². The molecular formula is C21H23NO4S. The molecule has 1 N–H and O–H groups in total. The number of carbonyl (C=O) groups excluding carboxylic acids is 3. The number of fused-ring (bicyclic) bond motifs is 1. The van der Waals surface area contributed by atoms with E-state index in [0.717, 1.165) is 24.8 Å². The number of carbonyl (C=O) groups is 3. The van der Waals surface area contributed by atoms with Gasteiger partial charge < -0.3 is 10.1 Å². The lowest BCUT2D eigenvalue weighted by molar-refractivity contribution is -0.123. The van der Waals surface area contributed by atoms with Crippen LogP contribution in [0.25, 0.3) is 0 Å². The number of ether oxygens (including phenoxy) is 1. The molecule has 0 saturated carbocycles. The fraction of sp³-hybridized carbons (Fsp3) is 0.381. The molecule has 2 aromatic rings. The van der Waals surface area contributed by atoms with Gasteiger partial charge in [0.05, 0.1) is 5.56 Å². The van der Waals surface area contributed by atoms with Crippen molar-refractivity contribution in [1.29, 1.82) is 0 Å². The van der Waals surface area contributed by atoms with E-state index in [4.69, 9.17) is 4.74 Å². The molecule has 1 aliphatic rings. The fourth-order valence-corrected chi connectivity index (χ4v) is 4.39. The Balaban J connectivity index is 1.61. The topological polar surface area (TPSA) is 72.5 Å². The summed E-state index contributed by atoms with van der Waals surface area (Å²) in [5.41, 5.74) is 2.79. The van der Waals surface area contributed by atoms with Gasteiger partial charge in [0.2, 0.25) is 0 Å². The minimum atomic E-state index is -0.914. The van der Waals surface area contributed by atoms with Gasteiger partial charge in [0.1, 0.15) is 0 Å². The number of hydrogen-bond donors (Lipinski definition) is 1. The second-order valence-electron chi connectivity index (χ2n) is 7.07. The lowest BCUT2D eigenvalue weighted by Gasteiger charge is -2.19. The van der Waals surface area contributed by atoms with Gasteiger partial charge in [-0.05, 0) is 68.9 Å². The average Bonchev–Trinajstić information content (AvgIpc) is 3.05. The van der Waals surface area contributed by atoms with Crippen molar-refractivity contribution in [3.8, 4) is 0 Å². The normalized spacial score (nSPS) is 16.9. The van der Waals surface area contributed by atoms with Crippen LogP contribution in [0.2, 0.25) is 0 Å². The van der Waals surface area contributed by atoms with E-state index in [1.165, 1.54) is 11.8 Å². The summed E-state index contributed by atoms with van der Waals surface area (Å²) in [6.45, 7) is 5.26. The largest absolute Gasteiger partial charge is 0.449 e. The number of anilines is 1. The van der Waals surface area contributed by atoms with Crippen LogP contribution in [0.3, 0.4) is 0 Å². The molecule has 0 radical (unpaired) electrons. The Hall–Kier alpha value is -2.47. The Morgan fingerprint density at radius 2 is 1.93 bits per heavy atom. The zero-order valence-electron chi connectivity index (χ0n) is 15.7. The summed E-state index contributed by atoms with van der Waals surface area (Å²) >= 11 is 1.60. The molecule has 0 spiro atoms. The van der Waals surface area contributed by atoms with E-state index in [1.807, 2.05) is 5.38 Å². The number of esters is 1. The first-order chi connectivity index (χ1) is 12.8. The van der Waals surface area contributed by atoms with Gasteiger partial charge in [0.15, 0.2) is 11.9 Å². The molecule has 0 saturated heterocycles. The molecule has 3 rings (SSSR count). The second-order valence-corrected chi connectivity index (χ2v) is 8.03. The Bertz CT molecular complexity index is 869. The SMILES string of the molecule is CC(=O)c1ccc(NC(=O)C(C)OC(=O)c2csc3c2CCC(C)C3)cc1. The molecule has 2 unspecified atom stereocenters. The summed E-state index contributed by atoms with van der Waals surface area (Å²) < 4.78 is 5.39. The molecule has 1 aliphatic carbocycles. The van der Waals surface area contributed by atoms with Crippen LogP contribution >= 0.6 is 11.3 Å². The Morgan fingerprint density at radius 3 is 2.59 bits per heavy atom. The van der Waals surface area contributed by atoms with Crippen molar-refractivity contribution in [2.24, 2.45) is 5.92 Å². The fourth-order valence-electron chi connectivity index (χ4n) is 3.16. The van der Waals surface area contributed by atoms with E-state index < -0.39 is 18.0 Å². The van der Waals surface area contributed by atoms with E-state index in [0.29, 0.717) is 22.7 Å². The molecule has 1 aromatic carbocycles. The first-order valence-corrected chi connectivity index (χ1v) is 9.95. The van der Waals surface area contributed by atoms with E-state index in [9.17, 15) is 14.4 Å². The van der Waals surface area contributed by atoms with Crippen LogP contribution in [0.15, 0.2) is 29.6 Å². The molecule has 0 fully saturated rings. The number of Topliss-reactive ketones (excluding diaryl/α,β-unsaturated/α-hetero) is 1. The average molecular weight is 385 g/mol. The molecule has 27 heavy (non-hydrogen) atoms. The third-order valence-corrected chi connectivity index (χ3v) is 5.88. The van der Waals surface area contributed by atoms with Gasteiger partial charge in [-0.3, -0.25) is 9.59 Å². The molecule has 1 amide bonds. The summed E-state index contributed by atoms with van der Waals surface area (Å²) in [4.78, 5) is 37.4. The van der Waals surface area contributed by atoms with Crippen LogP contribution < -0.4 is 5.32 Å². The minimum absolute atomic E-state index is 0.0383. The Labute approximate surface area is 162 Å². The number of hydrogen-bond acceptors (Lipinski definition) is 5. The highest BCUT2D eigenvalue weighted by Gasteiger charge is 2.26. The first-order valence-electron chi connectivity index (χ1n) is 9.07. The van der Waals surface area contributed by atoms with Gasteiger partial charge in [-0.15, -0.1) is 11.3 Å². The molecule has 1 heterocycles. The second kappa shape index (κ2) is 8.05. The van der Waals surface area contributed by atoms with Crippen LogP contribution in [0.4, 0.5) is 5.69 Å². The minimum Gasteiger partial charge on any atom is -0.449 e. The van der Waals surface area contributed by atoms with Gasteiger partial charge in [-0.25, -0.2) is 4.79 Å². The standard InChI is InChI=1S/C21H23NO4S/c1-12-4-9-17-18(11-27-19(17)10-12)21(25)26-14(3)20(24)22-16-7-5-15(6-8-16)13(2)23/h5-8,11-12,14H,4,9-10H2,1-3H3,(H,22,24). The number of thiophene rings is 1. The molecular weight excluding hydrogens is 362 g/mol. The molecule has 5 nitrogen and oxygen atoms in total. The van der Waals surface area contributed by atoms with Crippen molar-refractivity contribution < 1.29 is 19.1 Å². The number of amides is 1. The smallest absolute Gasteiger partial charge is 0.340 e. The summed E-state index contributed by atoms with van der Waals surface area (Å²) in [7, 11) is 0. The lowest BCUT2D eigenvalue weighted by Crippen LogP contribution is -2.30. The van der Waals surface area contributed by atoms with Crippen molar-refractivity contribution in [2.75, 3.05) is 5.32 Å². The number of rotatable bonds is 5. The maximum Gasteiger partial charge on any atom is 0.340 e. The molecule has 0 bridgehead atoms. The van der Waals surface area contributed by atoms with Crippen molar-refractivity contribution in [3.05, 3.63) is 51.2 Å². The van der Waals surface area contributed by atoms with E-state index in [-0.39, 0.29) is 5.78 Å². The van der Waals surface area contributed by atoms with Gasteiger partial charge >= 0.3 is 5.97 Å². The van der Waals surface area contributed by atoms with Gasteiger partial charge in [-0.1, -0.05) is 6.92 Å². The Kier molecular flexibility index (Phi) is 5.75. The first kappa shape index (κ1) is 19.3. The van der Waals surface area contributed by atoms with Crippen LogP contribution in [-0.4, -0.2) is 23.8 Å². The predicted molar refractivity (Wildman–Crippen MR) is 105 cm³/mol. The van der Waals surface area contributed by atoms with Crippen LogP contribution in [0.5, 0.6) is 0 Å². The van der Waals surface area contributed by atoms with E-state index in [2.05, 4.69) is 12.2 Å². The highest BCUT2D eigenvalue weighted by Crippen LogP contribution is 2.33.